The van der Waals surface area contributed by atoms with Crippen LogP contribution in [0, 0.1) is 13.8 Å². The number of benzene rings is 2. The third-order valence-electron chi connectivity index (χ3n) is 2.86. The lowest BCUT2D eigenvalue weighted by atomic mass is 10.1. The number of hydrogen-bond donors (Lipinski definition) is 0. The monoisotopic (exact) mass is 290 g/mol. The van der Waals surface area contributed by atoms with E-state index < -0.39 is 5.97 Å². The lowest BCUT2D eigenvalue weighted by Crippen LogP contribution is -2.17. The second-order valence-electron chi connectivity index (χ2n) is 4.47. The molecule has 2 aromatic rings. The van der Waals surface area contributed by atoms with E-state index in [9.17, 15) is 4.79 Å². The molecule has 0 atom stereocenters. The quantitative estimate of drug-likeness (QED) is 0.632. The van der Waals surface area contributed by atoms with Gasteiger partial charge in [-0.15, -0.1) is 0 Å². The molecule has 0 heterocycles. The number of esters is 1. The maximum Gasteiger partial charge on any atom is 0.349 e. The number of rotatable bonds is 4. The van der Waals surface area contributed by atoms with Gasteiger partial charge in [0.2, 0.25) is 0 Å². The van der Waals surface area contributed by atoms with Gasteiger partial charge in [-0.25, -0.2) is 4.79 Å². The SMILES string of the molecule is Cc1ccc(OC(=O)COc2cccc(Cl)c2)cc1C. The molecule has 0 aromatic heterocycles. The van der Waals surface area contributed by atoms with Crippen LogP contribution in [0.2, 0.25) is 5.02 Å². The average Bonchev–Trinajstić information content (AvgIpc) is 2.41. The number of carbonyl (C=O) groups excluding carboxylic acids is 1. The molecule has 104 valence electrons. The van der Waals surface area contributed by atoms with E-state index in [2.05, 4.69) is 0 Å². The van der Waals surface area contributed by atoms with Crippen molar-refractivity contribution in [3.63, 3.8) is 0 Å². The van der Waals surface area contributed by atoms with Gasteiger partial charge in [-0.3, -0.25) is 0 Å². The van der Waals surface area contributed by atoms with Crippen molar-refractivity contribution in [3.8, 4) is 11.5 Å². The van der Waals surface area contributed by atoms with Crippen molar-refractivity contribution in [1.82, 2.24) is 0 Å². The molecule has 2 rings (SSSR count). The molecule has 20 heavy (non-hydrogen) atoms. The first-order chi connectivity index (χ1) is 9.54. The van der Waals surface area contributed by atoms with E-state index >= 15 is 0 Å². The number of carbonyl (C=O) groups is 1. The number of ether oxygens (including phenoxy) is 2. The van der Waals surface area contributed by atoms with Crippen LogP contribution >= 0.6 is 11.6 Å². The summed E-state index contributed by atoms with van der Waals surface area (Å²) < 4.78 is 10.5. The molecule has 0 amide bonds. The molecule has 0 radical (unpaired) electrons. The zero-order valence-corrected chi connectivity index (χ0v) is 12.1. The Bertz CT molecular complexity index is 623. The van der Waals surface area contributed by atoms with E-state index in [0.29, 0.717) is 16.5 Å². The van der Waals surface area contributed by atoms with E-state index in [1.807, 2.05) is 26.0 Å². The Labute approximate surface area is 123 Å². The van der Waals surface area contributed by atoms with Gasteiger partial charge in [-0.05, 0) is 55.3 Å². The highest BCUT2D eigenvalue weighted by molar-refractivity contribution is 6.30. The highest BCUT2D eigenvalue weighted by Crippen LogP contribution is 2.18. The molecule has 0 aliphatic heterocycles. The summed E-state index contributed by atoms with van der Waals surface area (Å²) in [6.07, 6.45) is 0. The van der Waals surface area contributed by atoms with Gasteiger partial charge < -0.3 is 9.47 Å². The van der Waals surface area contributed by atoms with Crippen molar-refractivity contribution < 1.29 is 14.3 Å². The topological polar surface area (TPSA) is 35.5 Å². The van der Waals surface area contributed by atoms with Crippen LogP contribution in [0.25, 0.3) is 0 Å². The minimum absolute atomic E-state index is 0.159. The second kappa shape index (κ2) is 6.44. The fourth-order valence-corrected chi connectivity index (χ4v) is 1.82. The summed E-state index contributed by atoms with van der Waals surface area (Å²) in [5.74, 6) is 0.607. The van der Waals surface area contributed by atoms with Crippen LogP contribution in [0.4, 0.5) is 0 Å². The molecule has 0 saturated heterocycles. The molecule has 0 N–H and O–H groups in total. The lowest BCUT2D eigenvalue weighted by molar-refractivity contribution is -0.136. The number of halogens is 1. The van der Waals surface area contributed by atoms with Crippen LogP contribution in [-0.2, 0) is 4.79 Å². The summed E-state index contributed by atoms with van der Waals surface area (Å²) in [4.78, 5) is 11.7. The van der Waals surface area contributed by atoms with Crippen LogP contribution in [0.5, 0.6) is 11.5 Å². The molecule has 0 unspecified atom stereocenters. The van der Waals surface area contributed by atoms with Crippen molar-refractivity contribution in [2.75, 3.05) is 6.61 Å². The molecule has 0 fully saturated rings. The Morgan fingerprint density at radius 1 is 1.05 bits per heavy atom. The minimum Gasteiger partial charge on any atom is -0.482 e. The average molecular weight is 291 g/mol. The molecule has 0 aliphatic rings. The van der Waals surface area contributed by atoms with Crippen LogP contribution < -0.4 is 9.47 Å². The first kappa shape index (κ1) is 14.4. The normalized spacial score (nSPS) is 10.2. The van der Waals surface area contributed by atoms with E-state index in [0.717, 1.165) is 11.1 Å². The molecule has 0 aliphatic carbocycles. The van der Waals surface area contributed by atoms with Gasteiger partial charge >= 0.3 is 5.97 Å². The molecule has 4 heteroatoms. The van der Waals surface area contributed by atoms with Gasteiger partial charge in [0.15, 0.2) is 6.61 Å². The molecule has 3 nitrogen and oxygen atoms in total. The summed E-state index contributed by atoms with van der Waals surface area (Å²) in [6.45, 7) is 3.81. The van der Waals surface area contributed by atoms with Gasteiger partial charge in [-0.1, -0.05) is 23.7 Å². The first-order valence-corrected chi connectivity index (χ1v) is 6.59. The second-order valence-corrected chi connectivity index (χ2v) is 4.90. The Kier molecular flexibility index (Phi) is 4.64. The standard InChI is InChI=1S/C16H15ClO3/c1-11-6-7-15(8-12(11)2)20-16(18)10-19-14-5-3-4-13(17)9-14/h3-9H,10H2,1-2H3. The predicted molar refractivity (Wildman–Crippen MR) is 78.5 cm³/mol. The zero-order chi connectivity index (χ0) is 14.5. The van der Waals surface area contributed by atoms with Crippen LogP contribution in [0.1, 0.15) is 11.1 Å². The number of hydrogen-bond acceptors (Lipinski definition) is 3. The maximum atomic E-state index is 11.7. The van der Waals surface area contributed by atoms with Gasteiger partial charge in [0.25, 0.3) is 0 Å². The van der Waals surface area contributed by atoms with Gasteiger partial charge in [0.1, 0.15) is 11.5 Å². The van der Waals surface area contributed by atoms with Gasteiger partial charge in [0, 0.05) is 5.02 Å². The largest absolute Gasteiger partial charge is 0.482 e. The third-order valence-corrected chi connectivity index (χ3v) is 3.10. The van der Waals surface area contributed by atoms with Crippen molar-refractivity contribution in [2.24, 2.45) is 0 Å². The summed E-state index contributed by atoms with van der Waals surface area (Å²) in [7, 11) is 0. The van der Waals surface area contributed by atoms with Crippen LogP contribution in [-0.4, -0.2) is 12.6 Å². The number of aryl methyl sites for hydroxylation is 2. The Hall–Kier alpha value is -2.00. The summed E-state index contributed by atoms with van der Waals surface area (Å²) in [6, 6.07) is 12.4. The fourth-order valence-electron chi connectivity index (χ4n) is 1.64. The Morgan fingerprint density at radius 3 is 2.55 bits per heavy atom. The molecule has 0 bridgehead atoms. The summed E-state index contributed by atoms with van der Waals surface area (Å²) in [5.41, 5.74) is 2.23. The van der Waals surface area contributed by atoms with Crippen LogP contribution in [0.3, 0.4) is 0 Å². The van der Waals surface area contributed by atoms with E-state index in [1.54, 1.807) is 30.3 Å². The fraction of sp³-hybridized carbons (Fsp3) is 0.188. The highest BCUT2D eigenvalue weighted by atomic mass is 35.5. The van der Waals surface area contributed by atoms with E-state index in [-0.39, 0.29) is 6.61 Å². The summed E-state index contributed by atoms with van der Waals surface area (Å²) >= 11 is 5.83. The molecule has 2 aromatic carbocycles. The maximum absolute atomic E-state index is 11.7. The Morgan fingerprint density at radius 2 is 1.85 bits per heavy atom. The van der Waals surface area contributed by atoms with Crippen LogP contribution in [0.15, 0.2) is 42.5 Å². The first-order valence-electron chi connectivity index (χ1n) is 6.21. The summed E-state index contributed by atoms with van der Waals surface area (Å²) in [5, 5.41) is 0.560. The van der Waals surface area contributed by atoms with Crippen molar-refractivity contribution >= 4 is 17.6 Å². The van der Waals surface area contributed by atoms with E-state index in [4.69, 9.17) is 21.1 Å². The van der Waals surface area contributed by atoms with Gasteiger partial charge in [0.05, 0.1) is 0 Å². The van der Waals surface area contributed by atoms with E-state index in [1.165, 1.54) is 0 Å². The third kappa shape index (κ3) is 4.00. The molecule has 0 saturated carbocycles. The van der Waals surface area contributed by atoms with Gasteiger partial charge in [-0.2, -0.15) is 0 Å². The van der Waals surface area contributed by atoms with Crippen molar-refractivity contribution in [2.45, 2.75) is 13.8 Å². The highest BCUT2D eigenvalue weighted by Gasteiger charge is 2.07. The molecule has 0 spiro atoms. The minimum atomic E-state index is -0.451. The van der Waals surface area contributed by atoms with Crippen molar-refractivity contribution in [3.05, 3.63) is 58.6 Å². The molecular formula is C16H15ClO3. The molecular weight excluding hydrogens is 276 g/mol. The predicted octanol–water partition coefficient (Wildman–Crippen LogP) is 3.94. The smallest absolute Gasteiger partial charge is 0.349 e. The van der Waals surface area contributed by atoms with Crippen molar-refractivity contribution in [1.29, 1.82) is 0 Å². The zero-order valence-electron chi connectivity index (χ0n) is 11.4. The Balaban J connectivity index is 1.91. The lowest BCUT2D eigenvalue weighted by Gasteiger charge is -2.08.